The highest BCUT2D eigenvalue weighted by molar-refractivity contribution is 5.89. The summed E-state index contributed by atoms with van der Waals surface area (Å²) in [6, 6.07) is 4.18. The Hall–Kier alpha value is -2.87. The molecule has 1 saturated carbocycles. The molecule has 3 heterocycles. The van der Waals surface area contributed by atoms with E-state index in [1.54, 1.807) is 6.07 Å². The van der Waals surface area contributed by atoms with E-state index in [4.69, 9.17) is 14.2 Å². The SMILES string of the molecule is CC(C)C1Oc2cc(OCC3(C)COC3)c(F)cc2-c2c1cc(C(=O)O)c(=O)n2C1CC1. The number of hydrogen-bond acceptors (Lipinski definition) is 5. The molecule has 32 heavy (non-hydrogen) atoms. The molecule has 1 aliphatic carbocycles. The first kappa shape index (κ1) is 21.0. The third kappa shape index (κ3) is 3.37. The number of ether oxygens (including phenoxy) is 3. The van der Waals surface area contributed by atoms with Crippen molar-refractivity contribution in [2.45, 2.75) is 45.8 Å². The molecule has 5 rings (SSSR count). The van der Waals surface area contributed by atoms with E-state index in [-0.39, 0.29) is 28.7 Å². The van der Waals surface area contributed by atoms with Crippen molar-refractivity contribution in [3.8, 4) is 22.8 Å². The van der Waals surface area contributed by atoms with Gasteiger partial charge in [0.2, 0.25) is 0 Å². The van der Waals surface area contributed by atoms with E-state index in [1.807, 2.05) is 20.8 Å². The van der Waals surface area contributed by atoms with Gasteiger partial charge < -0.3 is 23.9 Å². The molecule has 0 amide bonds. The zero-order valence-electron chi connectivity index (χ0n) is 18.3. The van der Waals surface area contributed by atoms with Gasteiger partial charge in [-0.05, 0) is 30.9 Å². The van der Waals surface area contributed by atoms with E-state index in [1.165, 1.54) is 16.7 Å². The lowest BCUT2D eigenvalue weighted by Gasteiger charge is -2.37. The minimum Gasteiger partial charge on any atom is -0.490 e. The lowest BCUT2D eigenvalue weighted by atomic mass is 9.89. The Morgan fingerprint density at radius 2 is 2.03 bits per heavy atom. The highest BCUT2D eigenvalue weighted by atomic mass is 19.1. The molecule has 1 N–H and O–H groups in total. The zero-order chi connectivity index (χ0) is 22.8. The van der Waals surface area contributed by atoms with Crippen LogP contribution in [0, 0.1) is 17.2 Å². The molecule has 2 aromatic rings. The summed E-state index contributed by atoms with van der Waals surface area (Å²) in [6.07, 6.45) is 1.09. The van der Waals surface area contributed by atoms with Gasteiger partial charge in [0.25, 0.3) is 5.56 Å². The van der Waals surface area contributed by atoms with Crippen molar-refractivity contribution in [1.82, 2.24) is 4.57 Å². The first-order valence-corrected chi connectivity index (χ1v) is 10.9. The molecule has 1 atom stereocenters. The second-order valence-corrected chi connectivity index (χ2v) is 9.73. The van der Waals surface area contributed by atoms with Crippen LogP contribution < -0.4 is 15.0 Å². The summed E-state index contributed by atoms with van der Waals surface area (Å²) < 4.78 is 33.9. The van der Waals surface area contributed by atoms with Crippen molar-refractivity contribution in [2.75, 3.05) is 19.8 Å². The smallest absolute Gasteiger partial charge is 0.341 e. The van der Waals surface area contributed by atoms with Crippen LogP contribution in [0.3, 0.4) is 0 Å². The second-order valence-electron chi connectivity index (χ2n) is 9.73. The summed E-state index contributed by atoms with van der Waals surface area (Å²) in [5, 5.41) is 9.60. The molecule has 1 saturated heterocycles. The molecule has 1 aromatic heterocycles. The van der Waals surface area contributed by atoms with Gasteiger partial charge in [-0.1, -0.05) is 20.8 Å². The van der Waals surface area contributed by atoms with Crippen molar-refractivity contribution < 1.29 is 28.5 Å². The quantitative estimate of drug-likeness (QED) is 0.720. The summed E-state index contributed by atoms with van der Waals surface area (Å²) in [5.41, 5.74) is 0.602. The van der Waals surface area contributed by atoms with Crippen LogP contribution in [0.15, 0.2) is 23.0 Å². The van der Waals surface area contributed by atoms with Gasteiger partial charge in [-0.3, -0.25) is 4.79 Å². The normalized spacial score (nSPS) is 20.7. The molecule has 1 unspecified atom stereocenters. The molecule has 7 nitrogen and oxygen atoms in total. The fourth-order valence-electron chi connectivity index (χ4n) is 4.40. The van der Waals surface area contributed by atoms with Crippen molar-refractivity contribution in [3.63, 3.8) is 0 Å². The van der Waals surface area contributed by atoms with Gasteiger partial charge in [-0.15, -0.1) is 0 Å². The number of benzene rings is 1. The number of carboxylic acids is 1. The van der Waals surface area contributed by atoms with Crippen LogP contribution in [0.25, 0.3) is 11.3 Å². The lowest BCUT2D eigenvalue weighted by molar-refractivity contribution is -0.120. The average Bonchev–Trinajstić information content (AvgIpc) is 3.54. The van der Waals surface area contributed by atoms with Crippen LogP contribution >= 0.6 is 0 Å². The van der Waals surface area contributed by atoms with Crippen LogP contribution in [0.1, 0.15) is 61.7 Å². The largest absolute Gasteiger partial charge is 0.490 e. The standard InChI is InChI=1S/C24H26FNO6/c1-12(2)21-15-6-16(23(28)29)22(27)26(13-4-5-13)20(15)14-7-17(25)19(8-18(14)32-21)31-11-24(3)9-30-10-24/h6-8,12-13,21H,4-5,9-11H2,1-3H3,(H,28,29). The number of aromatic nitrogens is 1. The zero-order valence-corrected chi connectivity index (χ0v) is 18.3. The fourth-order valence-corrected chi connectivity index (χ4v) is 4.40. The van der Waals surface area contributed by atoms with Gasteiger partial charge in [0, 0.05) is 28.7 Å². The Balaban J connectivity index is 1.66. The number of carboxylic acid groups (broad SMARTS) is 1. The number of hydrogen-bond donors (Lipinski definition) is 1. The van der Waals surface area contributed by atoms with E-state index < -0.39 is 23.4 Å². The van der Waals surface area contributed by atoms with Crippen molar-refractivity contribution >= 4 is 5.97 Å². The predicted octanol–water partition coefficient (Wildman–Crippen LogP) is 4.19. The Morgan fingerprint density at radius 1 is 1.31 bits per heavy atom. The summed E-state index contributed by atoms with van der Waals surface area (Å²) in [4.78, 5) is 24.8. The summed E-state index contributed by atoms with van der Waals surface area (Å²) >= 11 is 0. The van der Waals surface area contributed by atoms with Crippen LogP contribution in [0.2, 0.25) is 0 Å². The van der Waals surface area contributed by atoms with Crippen molar-refractivity contribution in [2.24, 2.45) is 11.3 Å². The molecule has 170 valence electrons. The van der Waals surface area contributed by atoms with Gasteiger partial charge in [-0.25, -0.2) is 9.18 Å². The average molecular weight is 443 g/mol. The van der Waals surface area contributed by atoms with Crippen LogP contribution in [0.5, 0.6) is 11.5 Å². The van der Waals surface area contributed by atoms with Crippen molar-refractivity contribution in [1.29, 1.82) is 0 Å². The maximum absolute atomic E-state index is 15.1. The van der Waals surface area contributed by atoms with Gasteiger partial charge in [-0.2, -0.15) is 0 Å². The van der Waals surface area contributed by atoms with Gasteiger partial charge in [0.05, 0.1) is 25.5 Å². The van der Waals surface area contributed by atoms with E-state index in [9.17, 15) is 14.7 Å². The highest BCUT2D eigenvalue weighted by Crippen LogP contribution is 2.49. The maximum Gasteiger partial charge on any atom is 0.341 e. The van der Waals surface area contributed by atoms with Crippen LogP contribution in [-0.2, 0) is 4.74 Å². The summed E-state index contributed by atoms with van der Waals surface area (Å²) in [7, 11) is 0. The molecule has 0 spiro atoms. The number of nitrogens with zero attached hydrogens (tertiary/aromatic N) is 1. The molecular weight excluding hydrogens is 417 g/mol. The maximum atomic E-state index is 15.1. The predicted molar refractivity (Wildman–Crippen MR) is 114 cm³/mol. The van der Waals surface area contributed by atoms with Crippen molar-refractivity contribution in [3.05, 3.63) is 45.5 Å². The Labute approximate surface area is 184 Å². The van der Waals surface area contributed by atoms with E-state index in [0.717, 1.165) is 12.8 Å². The van der Waals surface area contributed by atoms with Gasteiger partial charge in [0.15, 0.2) is 11.6 Å². The van der Waals surface area contributed by atoms with E-state index in [0.29, 0.717) is 42.4 Å². The Morgan fingerprint density at radius 3 is 2.59 bits per heavy atom. The third-order valence-corrected chi connectivity index (χ3v) is 6.34. The van der Waals surface area contributed by atoms with E-state index >= 15 is 4.39 Å². The molecule has 2 fully saturated rings. The minimum absolute atomic E-state index is 0.00541. The summed E-state index contributed by atoms with van der Waals surface area (Å²) in [5.74, 6) is -1.31. The molecule has 0 radical (unpaired) electrons. The monoisotopic (exact) mass is 443 g/mol. The number of fused-ring (bicyclic) bond motifs is 3. The van der Waals surface area contributed by atoms with Crippen LogP contribution in [0.4, 0.5) is 4.39 Å². The molecule has 0 bridgehead atoms. The molecule has 8 heteroatoms. The summed E-state index contributed by atoms with van der Waals surface area (Å²) in [6.45, 7) is 7.40. The third-order valence-electron chi connectivity index (χ3n) is 6.34. The second kappa shape index (κ2) is 7.33. The minimum atomic E-state index is -1.27. The lowest BCUT2D eigenvalue weighted by Crippen LogP contribution is -2.44. The molecular formula is C24H26FNO6. The number of carbonyl (C=O) groups is 1. The number of aromatic carboxylic acids is 1. The fraction of sp³-hybridized carbons (Fsp3) is 0.500. The van der Waals surface area contributed by atoms with Gasteiger partial charge >= 0.3 is 5.97 Å². The Bertz CT molecular complexity index is 1160. The number of halogens is 1. The first-order valence-electron chi connectivity index (χ1n) is 10.9. The number of rotatable bonds is 6. The molecule has 3 aliphatic rings. The number of pyridine rings is 1. The van der Waals surface area contributed by atoms with E-state index in [2.05, 4.69) is 0 Å². The Kier molecular flexibility index (Phi) is 4.81. The molecule has 2 aliphatic heterocycles. The highest BCUT2D eigenvalue weighted by Gasteiger charge is 2.39. The topological polar surface area (TPSA) is 87.0 Å². The first-order chi connectivity index (χ1) is 15.2. The van der Waals surface area contributed by atoms with Crippen LogP contribution in [-0.4, -0.2) is 35.5 Å². The molecule has 1 aromatic carbocycles. The van der Waals surface area contributed by atoms with Gasteiger partial charge in [0.1, 0.15) is 17.4 Å².